The summed E-state index contributed by atoms with van der Waals surface area (Å²) < 4.78 is 0. The fraction of sp³-hybridized carbons (Fsp3) is 0.259. The van der Waals surface area contributed by atoms with E-state index >= 15 is 0 Å². The Bertz CT molecular complexity index is 1330. The maximum absolute atomic E-state index is 14.1. The SMILES string of the molecule is CC1CCc2nc3sc(C(=O)N4c5ccccc5CCc5ccccc54)c(N)c3cc2C1. The van der Waals surface area contributed by atoms with E-state index < -0.39 is 0 Å². The zero-order valence-corrected chi connectivity index (χ0v) is 18.9. The van der Waals surface area contributed by atoms with Crippen molar-refractivity contribution in [2.24, 2.45) is 5.92 Å². The average molecular weight is 440 g/mol. The summed E-state index contributed by atoms with van der Waals surface area (Å²) in [5.74, 6) is 0.589. The second kappa shape index (κ2) is 7.45. The second-order valence-electron chi connectivity index (χ2n) is 9.04. The van der Waals surface area contributed by atoms with Gasteiger partial charge >= 0.3 is 0 Å². The molecule has 2 N–H and O–H groups in total. The van der Waals surface area contributed by atoms with Gasteiger partial charge in [-0.3, -0.25) is 9.69 Å². The van der Waals surface area contributed by atoms with Crippen LogP contribution in [0.15, 0.2) is 54.6 Å². The number of nitrogens with two attached hydrogens (primary N) is 1. The van der Waals surface area contributed by atoms with Crippen LogP contribution < -0.4 is 10.6 Å². The number of anilines is 3. The first-order valence-electron chi connectivity index (χ1n) is 11.3. The van der Waals surface area contributed by atoms with Gasteiger partial charge in [0.05, 0.1) is 17.1 Å². The molecular formula is C27H25N3OS. The van der Waals surface area contributed by atoms with Crippen LogP contribution in [0.3, 0.4) is 0 Å². The molecule has 3 heterocycles. The molecular weight excluding hydrogens is 414 g/mol. The molecule has 1 amide bonds. The van der Waals surface area contributed by atoms with Crippen molar-refractivity contribution in [3.05, 3.63) is 81.9 Å². The number of hydrogen-bond donors (Lipinski definition) is 1. The number of nitrogens with zero attached hydrogens (tertiary/aromatic N) is 2. The summed E-state index contributed by atoms with van der Waals surface area (Å²) in [4.78, 5) is 22.3. The number of nitrogen functional groups attached to an aromatic ring is 1. The van der Waals surface area contributed by atoms with Crippen LogP contribution in [0, 0.1) is 5.92 Å². The Morgan fingerprint density at radius 3 is 2.34 bits per heavy atom. The molecule has 6 rings (SSSR count). The summed E-state index contributed by atoms with van der Waals surface area (Å²) in [6.07, 6.45) is 5.01. The van der Waals surface area contributed by atoms with Gasteiger partial charge in [0.1, 0.15) is 9.71 Å². The lowest BCUT2D eigenvalue weighted by atomic mass is 9.87. The molecule has 1 aliphatic carbocycles. The van der Waals surface area contributed by atoms with Crippen molar-refractivity contribution in [1.82, 2.24) is 4.98 Å². The minimum Gasteiger partial charge on any atom is -0.397 e. The van der Waals surface area contributed by atoms with E-state index in [1.165, 1.54) is 40.1 Å². The lowest BCUT2D eigenvalue weighted by molar-refractivity contribution is 0.100. The van der Waals surface area contributed by atoms with Crippen LogP contribution in [0.2, 0.25) is 0 Å². The molecule has 32 heavy (non-hydrogen) atoms. The van der Waals surface area contributed by atoms with E-state index in [-0.39, 0.29) is 5.91 Å². The molecule has 1 atom stereocenters. The Labute approximate surface area is 191 Å². The lowest BCUT2D eigenvalue weighted by Gasteiger charge is -2.24. The highest BCUT2D eigenvalue weighted by Crippen LogP contribution is 2.41. The van der Waals surface area contributed by atoms with Crippen LogP contribution >= 0.6 is 11.3 Å². The van der Waals surface area contributed by atoms with Crippen LogP contribution in [0.4, 0.5) is 17.1 Å². The number of carbonyl (C=O) groups excluding carboxylic acids is 1. The van der Waals surface area contributed by atoms with Gasteiger partial charge in [-0.2, -0.15) is 0 Å². The maximum atomic E-state index is 14.1. The number of thiophene rings is 1. The minimum absolute atomic E-state index is 0.0707. The predicted octanol–water partition coefficient (Wildman–Crippen LogP) is 6.08. The van der Waals surface area contributed by atoms with E-state index in [4.69, 9.17) is 10.7 Å². The molecule has 2 aliphatic rings. The third-order valence-corrected chi connectivity index (χ3v) is 7.96. The summed E-state index contributed by atoms with van der Waals surface area (Å²) in [5, 5.41) is 0.919. The normalized spacial score (nSPS) is 17.4. The molecule has 4 aromatic rings. The smallest absolute Gasteiger partial charge is 0.275 e. The number of amides is 1. The summed E-state index contributed by atoms with van der Waals surface area (Å²) >= 11 is 1.43. The number of hydrogen-bond acceptors (Lipinski definition) is 4. The standard InChI is InChI=1S/C27H25N3OS/c1-16-10-13-21-19(14-16)15-20-24(28)25(32-26(20)29-21)27(31)30-22-8-4-2-6-17(22)11-12-18-7-3-5-9-23(18)30/h2-9,15-16H,10-14,28H2,1H3. The van der Waals surface area contributed by atoms with Crippen molar-refractivity contribution in [2.45, 2.75) is 39.0 Å². The van der Waals surface area contributed by atoms with Gasteiger partial charge in [-0.1, -0.05) is 43.3 Å². The Balaban J connectivity index is 1.51. The highest BCUT2D eigenvalue weighted by atomic mass is 32.1. The third kappa shape index (κ3) is 3.03. The number of aromatic nitrogens is 1. The van der Waals surface area contributed by atoms with Crippen LogP contribution in [0.25, 0.3) is 10.2 Å². The molecule has 5 heteroatoms. The summed E-state index contributed by atoms with van der Waals surface area (Å²) in [6.45, 7) is 2.29. The van der Waals surface area contributed by atoms with E-state index in [0.29, 0.717) is 16.5 Å². The molecule has 0 saturated heterocycles. The first kappa shape index (κ1) is 19.5. The van der Waals surface area contributed by atoms with E-state index in [9.17, 15) is 4.79 Å². The van der Waals surface area contributed by atoms with Crippen LogP contribution in [-0.4, -0.2) is 10.9 Å². The molecule has 0 bridgehead atoms. The Morgan fingerprint density at radius 1 is 1.00 bits per heavy atom. The number of carbonyl (C=O) groups is 1. The molecule has 160 valence electrons. The van der Waals surface area contributed by atoms with Crippen LogP contribution in [0.1, 0.15) is 45.4 Å². The molecule has 2 aromatic heterocycles. The fourth-order valence-electron chi connectivity index (χ4n) is 5.13. The Morgan fingerprint density at radius 2 is 1.66 bits per heavy atom. The first-order valence-corrected chi connectivity index (χ1v) is 12.1. The van der Waals surface area contributed by atoms with Gasteiger partial charge in [-0.25, -0.2) is 4.98 Å². The van der Waals surface area contributed by atoms with Crippen LogP contribution in [-0.2, 0) is 25.7 Å². The second-order valence-corrected chi connectivity index (χ2v) is 10.0. The summed E-state index contributed by atoms with van der Waals surface area (Å²) in [6, 6.07) is 18.6. The van der Waals surface area contributed by atoms with E-state index in [1.54, 1.807) is 0 Å². The molecule has 0 radical (unpaired) electrons. The van der Waals surface area contributed by atoms with Crippen molar-refractivity contribution in [1.29, 1.82) is 0 Å². The molecule has 1 unspecified atom stereocenters. The largest absolute Gasteiger partial charge is 0.397 e. The number of pyridine rings is 1. The maximum Gasteiger partial charge on any atom is 0.275 e. The minimum atomic E-state index is -0.0707. The van der Waals surface area contributed by atoms with Crippen molar-refractivity contribution < 1.29 is 4.79 Å². The van der Waals surface area contributed by atoms with Crippen molar-refractivity contribution >= 4 is 44.5 Å². The zero-order chi connectivity index (χ0) is 21.8. The van der Waals surface area contributed by atoms with Gasteiger partial charge in [0.25, 0.3) is 5.91 Å². The quantitative estimate of drug-likeness (QED) is 0.391. The van der Waals surface area contributed by atoms with Crippen molar-refractivity contribution in [3.63, 3.8) is 0 Å². The topological polar surface area (TPSA) is 59.2 Å². The first-order chi connectivity index (χ1) is 15.6. The average Bonchev–Trinajstić information content (AvgIpc) is 3.02. The number of aryl methyl sites for hydroxylation is 3. The predicted molar refractivity (Wildman–Crippen MR) is 132 cm³/mol. The van der Waals surface area contributed by atoms with Gasteiger partial charge in [0.2, 0.25) is 0 Å². The lowest BCUT2D eigenvalue weighted by Crippen LogP contribution is -2.26. The van der Waals surface area contributed by atoms with Crippen molar-refractivity contribution in [3.8, 4) is 0 Å². The number of benzene rings is 2. The van der Waals surface area contributed by atoms with E-state index in [1.807, 2.05) is 41.3 Å². The fourth-order valence-corrected chi connectivity index (χ4v) is 6.16. The van der Waals surface area contributed by atoms with E-state index in [0.717, 1.165) is 47.3 Å². The Hall–Kier alpha value is -3.18. The van der Waals surface area contributed by atoms with Gasteiger partial charge < -0.3 is 5.73 Å². The van der Waals surface area contributed by atoms with Crippen LogP contribution in [0.5, 0.6) is 0 Å². The zero-order valence-electron chi connectivity index (χ0n) is 18.1. The molecule has 4 nitrogen and oxygen atoms in total. The van der Waals surface area contributed by atoms with Crippen molar-refractivity contribution in [2.75, 3.05) is 10.6 Å². The molecule has 2 aromatic carbocycles. The van der Waals surface area contributed by atoms with E-state index in [2.05, 4.69) is 25.1 Å². The van der Waals surface area contributed by atoms with Gasteiger partial charge in [-0.15, -0.1) is 11.3 Å². The molecule has 0 saturated carbocycles. The molecule has 0 fully saturated rings. The monoisotopic (exact) mass is 439 g/mol. The number of rotatable bonds is 1. The highest BCUT2D eigenvalue weighted by molar-refractivity contribution is 7.21. The van der Waals surface area contributed by atoms with Gasteiger partial charge in [-0.05, 0) is 72.9 Å². The molecule has 0 spiro atoms. The van der Waals surface area contributed by atoms with Gasteiger partial charge in [0.15, 0.2) is 0 Å². The third-order valence-electron chi connectivity index (χ3n) is 6.86. The number of para-hydroxylation sites is 2. The summed E-state index contributed by atoms with van der Waals surface area (Å²) in [7, 11) is 0. The summed E-state index contributed by atoms with van der Waals surface area (Å²) in [5.41, 5.74) is 13.9. The van der Waals surface area contributed by atoms with Gasteiger partial charge in [0, 0.05) is 11.1 Å². The number of fused-ring (bicyclic) bond motifs is 4. The molecule has 1 aliphatic heterocycles. The Kier molecular flexibility index (Phi) is 4.54. The highest BCUT2D eigenvalue weighted by Gasteiger charge is 2.30.